The van der Waals surface area contributed by atoms with E-state index in [1.165, 1.54) is 10.9 Å². The second-order valence-electron chi connectivity index (χ2n) is 2.13. The summed E-state index contributed by atoms with van der Waals surface area (Å²) in [6, 6.07) is 0. The summed E-state index contributed by atoms with van der Waals surface area (Å²) in [5, 5.41) is 7.22. The lowest BCUT2D eigenvalue weighted by Crippen LogP contribution is -2.30. The van der Waals surface area contributed by atoms with Gasteiger partial charge in [0, 0.05) is 6.54 Å². The zero-order valence-corrected chi connectivity index (χ0v) is 6.40. The predicted molar refractivity (Wildman–Crippen MR) is 40.7 cm³/mol. The fourth-order valence-electron chi connectivity index (χ4n) is 0.718. The van der Waals surface area contributed by atoms with Crippen LogP contribution in [0.1, 0.15) is 10.5 Å². The SMILES string of the molecule is NCCn1cc(C(=O)NN)nn1. The van der Waals surface area contributed by atoms with Gasteiger partial charge in [-0.25, -0.2) is 5.84 Å². The van der Waals surface area contributed by atoms with Crippen molar-refractivity contribution in [1.82, 2.24) is 20.4 Å². The van der Waals surface area contributed by atoms with Gasteiger partial charge in [0.15, 0.2) is 5.69 Å². The normalized spacial score (nSPS) is 9.83. The smallest absolute Gasteiger partial charge is 0.287 e. The van der Waals surface area contributed by atoms with Crippen molar-refractivity contribution in [2.45, 2.75) is 6.54 Å². The first-order valence-electron chi connectivity index (χ1n) is 3.39. The second kappa shape index (κ2) is 3.79. The van der Waals surface area contributed by atoms with Crippen molar-refractivity contribution in [2.75, 3.05) is 6.54 Å². The van der Waals surface area contributed by atoms with E-state index >= 15 is 0 Å². The summed E-state index contributed by atoms with van der Waals surface area (Å²) >= 11 is 0. The van der Waals surface area contributed by atoms with E-state index in [-0.39, 0.29) is 5.69 Å². The highest BCUT2D eigenvalue weighted by Crippen LogP contribution is 1.90. The number of hydrogen-bond acceptors (Lipinski definition) is 5. The molecule has 0 atom stereocenters. The van der Waals surface area contributed by atoms with Crippen molar-refractivity contribution in [1.29, 1.82) is 0 Å². The van der Waals surface area contributed by atoms with Crippen LogP contribution < -0.4 is 17.0 Å². The summed E-state index contributed by atoms with van der Waals surface area (Å²) in [6.45, 7) is 0.984. The minimum atomic E-state index is -0.460. The predicted octanol–water partition coefficient (Wildman–Crippen LogP) is -2.16. The molecule has 1 aromatic heterocycles. The van der Waals surface area contributed by atoms with Crippen LogP contribution in [-0.4, -0.2) is 27.4 Å². The maximum Gasteiger partial charge on any atom is 0.287 e. The molecule has 0 saturated carbocycles. The standard InChI is InChI=1S/C5H10N6O/c6-1-2-11-3-4(9-10-11)5(12)8-7/h3H,1-2,6-7H2,(H,8,12). The van der Waals surface area contributed by atoms with E-state index < -0.39 is 5.91 Å². The highest BCUT2D eigenvalue weighted by molar-refractivity contribution is 5.91. The maximum atomic E-state index is 10.8. The highest BCUT2D eigenvalue weighted by Gasteiger charge is 2.07. The number of carbonyl (C=O) groups is 1. The summed E-state index contributed by atoms with van der Waals surface area (Å²) < 4.78 is 1.48. The Hall–Kier alpha value is -1.47. The lowest BCUT2D eigenvalue weighted by atomic mass is 10.4. The van der Waals surface area contributed by atoms with Crippen LogP contribution in [-0.2, 0) is 6.54 Å². The van der Waals surface area contributed by atoms with Gasteiger partial charge in [0.1, 0.15) is 0 Å². The number of hydrogen-bond donors (Lipinski definition) is 3. The Balaban J connectivity index is 2.70. The largest absolute Gasteiger partial charge is 0.329 e. The molecule has 5 N–H and O–H groups in total. The Morgan fingerprint density at radius 1 is 1.75 bits per heavy atom. The molecule has 1 rings (SSSR count). The minimum absolute atomic E-state index is 0.186. The van der Waals surface area contributed by atoms with Crippen LogP contribution in [0.4, 0.5) is 0 Å². The third-order valence-corrected chi connectivity index (χ3v) is 1.26. The molecule has 0 unspecified atom stereocenters. The molecule has 7 heteroatoms. The molecule has 7 nitrogen and oxygen atoms in total. The molecule has 0 aliphatic carbocycles. The van der Waals surface area contributed by atoms with Crippen molar-refractivity contribution >= 4 is 5.91 Å². The van der Waals surface area contributed by atoms with E-state index in [9.17, 15) is 4.79 Å². The van der Waals surface area contributed by atoms with Crippen LogP contribution in [0.5, 0.6) is 0 Å². The van der Waals surface area contributed by atoms with Gasteiger partial charge in [-0.15, -0.1) is 5.10 Å². The Morgan fingerprint density at radius 2 is 2.50 bits per heavy atom. The van der Waals surface area contributed by atoms with Crippen LogP contribution in [0.15, 0.2) is 6.20 Å². The third kappa shape index (κ3) is 1.77. The van der Waals surface area contributed by atoms with E-state index in [1.807, 2.05) is 5.43 Å². The number of aromatic nitrogens is 3. The molecule has 0 aliphatic rings. The first-order chi connectivity index (χ1) is 5.77. The van der Waals surface area contributed by atoms with Crippen LogP contribution in [0.3, 0.4) is 0 Å². The Labute approximate surface area is 68.7 Å². The van der Waals surface area contributed by atoms with Gasteiger partial charge in [-0.3, -0.25) is 14.9 Å². The fraction of sp³-hybridized carbons (Fsp3) is 0.400. The van der Waals surface area contributed by atoms with Gasteiger partial charge in [-0.1, -0.05) is 5.21 Å². The molecular formula is C5H10N6O. The number of carbonyl (C=O) groups excluding carboxylic acids is 1. The van der Waals surface area contributed by atoms with Gasteiger partial charge in [0.2, 0.25) is 0 Å². The number of nitrogen functional groups attached to an aromatic ring is 1. The van der Waals surface area contributed by atoms with Gasteiger partial charge in [0.05, 0.1) is 12.7 Å². The van der Waals surface area contributed by atoms with Gasteiger partial charge in [0.25, 0.3) is 5.91 Å². The zero-order chi connectivity index (χ0) is 8.97. The van der Waals surface area contributed by atoms with Crippen LogP contribution in [0, 0.1) is 0 Å². The molecule has 1 aromatic rings. The highest BCUT2D eigenvalue weighted by atomic mass is 16.2. The van der Waals surface area contributed by atoms with Crippen LogP contribution >= 0.6 is 0 Å². The number of nitrogens with one attached hydrogen (secondary N) is 1. The summed E-state index contributed by atoms with van der Waals surface area (Å²) in [6.07, 6.45) is 1.48. The van der Waals surface area contributed by atoms with E-state index in [1.54, 1.807) is 0 Å². The molecule has 0 bridgehead atoms. The van der Waals surface area contributed by atoms with E-state index in [4.69, 9.17) is 11.6 Å². The minimum Gasteiger partial charge on any atom is -0.329 e. The first kappa shape index (κ1) is 8.62. The van der Waals surface area contributed by atoms with Crippen LogP contribution in [0.25, 0.3) is 0 Å². The van der Waals surface area contributed by atoms with Crippen LogP contribution in [0.2, 0.25) is 0 Å². The summed E-state index contributed by atoms with van der Waals surface area (Å²) in [5.41, 5.74) is 7.40. The summed E-state index contributed by atoms with van der Waals surface area (Å²) in [4.78, 5) is 10.8. The van der Waals surface area contributed by atoms with Crippen molar-refractivity contribution in [3.05, 3.63) is 11.9 Å². The molecule has 0 radical (unpaired) electrons. The Bertz CT molecular complexity index is 269. The van der Waals surface area contributed by atoms with Crippen molar-refractivity contribution in [3.63, 3.8) is 0 Å². The van der Waals surface area contributed by atoms with Crippen molar-refractivity contribution in [3.8, 4) is 0 Å². The van der Waals surface area contributed by atoms with Gasteiger partial charge in [-0.2, -0.15) is 0 Å². The average Bonchev–Trinajstić information content (AvgIpc) is 2.52. The monoisotopic (exact) mass is 170 g/mol. The first-order valence-corrected chi connectivity index (χ1v) is 3.39. The molecule has 0 fully saturated rings. The number of nitrogens with two attached hydrogens (primary N) is 2. The number of nitrogens with zero attached hydrogens (tertiary/aromatic N) is 3. The van der Waals surface area contributed by atoms with E-state index in [0.717, 1.165) is 0 Å². The van der Waals surface area contributed by atoms with Gasteiger partial charge < -0.3 is 5.73 Å². The second-order valence-corrected chi connectivity index (χ2v) is 2.13. The Kier molecular flexibility index (Phi) is 2.72. The maximum absolute atomic E-state index is 10.8. The molecule has 0 aromatic carbocycles. The molecule has 0 saturated heterocycles. The average molecular weight is 170 g/mol. The summed E-state index contributed by atoms with van der Waals surface area (Å²) in [7, 11) is 0. The molecule has 0 spiro atoms. The zero-order valence-electron chi connectivity index (χ0n) is 6.40. The van der Waals surface area contributed by atoms with Gasteiger partial charge in [-0.05, 0) is 0 Å². The molecule has 1 heterocycles. The number of amides is 1. The lowest BCUT2D eigenvalue weighted by Gasteiger charge is -1.92. The fourth-order valence-corrected chi connectivity index (χ4v) is 0.718. The third-order valence-electron chi connectivity index (χ3n) is 1.26. The Morgan fingerprint density at radius 3 is 3.08 bits per heavy atom. The molecule has 66 valence electrons. The van der Waals surface area contributed by atoms with E-state index in [2.05, 4.69) is 10.3 Å². The quantitative estimate of drug-likeness (QED) is 0.272. The molecule has 1 amide bonds. The number of rotatable bonds is 3. The van der Waals surface area contributed by atoms with Crippen molar-refractivity contribution < 1.29 is 4.79 Å². The van der Waals surface area contributed by atoms with Crippen molar-refractivity contribution in [2.24, 2.45) is 11.6 Å². The molecular weight excluding hydrogens is 160 g/mol. The number of hydrazine groups is 1. The lowest BCUT2D eigenvalue weighted by molar-refractivity contribution is 0.0948. The molecule has 0 aliphatic heterocycles. The molecule has 12 heavy (non-hydrogen) atoms. The van der Waals surface area contributed by atoms with Gasteiger partial charge >= 0.3 is 0 Å². The topological polar surface area (TPSA) is 112 Å². The summed E-state index contributed by atoms with van der Waals surface area (Å²) in [5.74, 6) is 4.43. The van der Waals surface area contributed by atoms with E-state index in [0.29, 0.717) is 13.1 Å².